The van der Waals surface area contributed by atoms with Crippen molar-refractivity contribution in [2.24, 2.45) is 0 Å². The van der Waals surface area contributed by atoms with Crippen molar-refractivity contribution < 1.29 is 24.0 Å². The lowest BCUT2D eigenvalue weighted by Gasteiger charge is -2.17. The summed E-state index contributed by atoms with van der Waals surface area (Å²) in [5, 5.41) is 10.6. The molecule has 0 saturated heterocycles. The molecule has 0 amide bonds. The van der Waals surface area contributed by atoms with Gasteiger partial charge in [0.2, 0.25) is 0 Å². The lowest BCUT2D eigenvalue weighted by atomic mass is 10.1. The van der Waals surface area contributed by atoms with Crippen molar-refractivity contribution in [1.29, 1.82) is 0 Å². The highest BCUT2D eigenvalue weighted by atomic mass is 16.6. The molecule has 7 nitrogen and oxygen atoms in total. The molecule has 0 bridgehead atoms. The van der Waals surface area contributed by atoms with Gasteiger partial charge in [-0.25, -0.2) is 4.79 Å². The van der Waals surface area contributed by atoms with E-state index in [1.807, 2.05) is 6.07 Å². The number of hydrogen-bond acceptors (Lipinski definition) is 6. The van der Waals surface area contributed by atoms with E-state index in [1.54, 1.807) is 24.3 Å². The zero-order valence-electron chi connectivity index (χ0n) is 12.9. The Morgan fingerprint density at radius 2 is 1.71 bits per heavy atom. The Morgan fingerprint density at radius 1 is 1.08 bits per heavy atom. The molecule has 0 aliphatic carbocycles. The summed E-state index contributed by atoms with van der Waals surface area (Å²) in [7, 11) is 0. The van der Waals surface area contributed by atoms with Gasteiger partial charge in [-0.2, -0.15) is 0 Å². The molecule has 0 fully saturated rings. The predicted octanol–water partition coefficient (Wildman–Crippen LogP) is 3.06. The van der Waals surface area contributed by atoms with Crippen LogP contribution in [-0.4, -0.2) is 23.5 Å². The summed E-state index contributed by atoms with van der Waals surface area (Å²) in [5.74, 6) is -1.15. The zero-order valence-corrected chi connectivity index (χ0v) is 12.9. The molecule has 2 aromatic carbocycles. The maximum atomic E-state index is 12.0. The van der Waals surface area contributed by atoms with Gasteiger partial charge < -0.3 is 9.47 Å². The maximum absolute atomic E-state index is 12.0. The van der Waals surface area contributed by atoms with Gasteiger partial charge in [0.05, 0.1) is 10.5 Å². The molecule has 0 aromatic heterocycles. The molecule has 0 saturated carbocycles. The zero-order chi connectivity index (χ0) is 17.5. The molecule has 2 rings (SSSR count). The average molecular weight is 329 g/mol. The number of benzene rings is 2. The first-order valence-electron chi connectivity index (χ1n) is 7.11. The second-order valence-electron chi connectivity index (χ2n) is 4.91. The van der Waals surface area contributed by atoms with Crippen molar-refractivity contribution in [3.05, 3.63) is 75.8 Å². The fourth-order valence-electron chi connectivity index (χ4n) is 2.02. The number of rotatable bonds is 6. The highest BCUT2D eigenvalue weighted by Gasteiger charge is 2.18. The van der Waals surface area contributed by atoms with E-state index in [4.69, 9.17) is 9.47 Å². The molecule has 24 heavy (non-hydrogen) atoms. The van der Waals surface area contributed by atoms with Gasteiger partial charge in [-0.15, -0.1) is 0 Å². The van der Waals surface area contributed by atoms with E-state index >= 15 is 0 Å². The number of nitrogens with zero attached hydrogens (tertiary/aromatic N) is 1. The number of carbonyl (C=O) groups excluding carboxylic acids is 2. The summed E-state index contributed by atoms with van der Waals surface area (Å²) in [5.41, 5.74) is 0.757. The number of carbonyl (C=O) groups is 2. The molecule has 2 aromatic rings. The summed E-state index contributed by atoms with van der Waals surface area (Å²) >= 11 is 0. The van der Waals surface area contributed by atoms with E-state index in [9.17, 15) is 19.7 Å². The van der Waals surface area contributed by atoms with Gasteiger partial charge in [-0.3, -0.25) is 14.9 Å². The van der Waals surface area contributed by atoms with Crippen molar-refractivity contribution >= 4 is 17.6 Å². The molecular weight excluding hydrogens is 314 g/mol. The largest absolute Gasteiger partial charge is 0.458 e. The van der Waals surface area contributed by atoms with Crippen LogP contribution in [-0.2, 0) is 14.3 Å². The third kappa shape index (κ3) is 4.64. The quantitative estimate of drug-likeness (QED) is 0.459. The van der Waals surface area contributed by atoms with Crippen molar-refractivity contribution in [3.63, 3.8) is 0 Å². The van der Waals surface area contributed by atoms with Gasteiger partial charge in [0, 0.05) is 19.1 Å². The first-order valence-corrected chi connectivity index (χ1v) is 7.11. The van der Waals surface area contributed by atoms with E-state index in [0.717, 1.165) is 0 Å². The molecule has 0 spiro atoms. The van der Waals surface area contributed by atoms with Gasteiger partial charge in [0.15, 0.2) is 6.10 Å². The molecule has 0 radical (unpaired) electrons. The minimum absolute atomic E-state index is 0.117. The van der Waals surface area contributed by atoms with Crippen LogP contribution in [0, 0.1) is 10.1 Å². The molecule has 7 heteroatoms. The second-order valence-corrected chi connectivity index (χ2v) is 4.91. The molecule has 124 valence electrons. The van der Waals surface area contributed by atoms with E-state index in [1.165, 1.54) is 31.2 Å². The number of esters is 2. The SMILES string of the molecule is CC(=O)OC(COC(=O)c1ccc([N+](=O)[O-])cc1)c1ccccc1. The van der Waals surface area contributed by atoms with Crippen LogP contribution >= 0.6 is 0 Å². The van der Waals surface area contributed by atoms with E-state index in [0.29, 0.717) is 5.56 Å². The Kier molecular flexibility index (Phi) is 5.62. The van der Waals surface area contributed by atoms with Crippen LogP contribution in [0.2, 0.25) is 0 Å². The summed E-state index contributed by atoms with van der Waals surface area (Å²) < 4.78 is 10.3. The van der Waals surface area contributed by atoms with Crippen molar-refractivity contribution in [3.8, 4) is 0 Å². The predicted molar refractivity (Wildman–Crippen MR) is 84.3 cm³/mol. The highest BCUT2D eigenvalue weighted by molar-refractivity contribution is 5.89. The number of nitro groups is 1. The lowest BCUT2D eigenvalue weighted by Crippen LogP contribution is -2.17. The monoisotopic (exact) mass is 329 g/mol. The number of hydrogen-bond donors (Lipinski definition) is 0. The van der Waals surface area contributed by atoms with Crippen LogP contribution < -0.4 is 0 Å². The number of nitro benzene ring substituents is 1. The minimum Gasteiger partial charge on any atom is -0.458 e. The van der Waals surface area contributed by atoms with Gasteiger partial charge in [0.25, 0.3) is 5.69 Å². The van der Waals surface area contributed by atoms with Crippen LogP contribution in [0.4, 0.5) is 5.69 Å². The normalized spacial score (nSPS) is 11.4. The highest BCUT2D eigenvalue weighted by Crippen LogP contribution is 2.19. The Morgan fingerprint density at radius 3 is 2.25 bits per heavy atom. The first-order chi connectivity index (χ1) is 11.5. The molecule has 1 unspecified atom stereocenters. The first kappa shape index (κ1) is 17.1. The third-order valence-electron chi connectivity index (χ3n) is 3.16. The summed E-state index contributed by atoms with van der Waals surface area (Å²) in [4.78, 5) is 33.3. The van der Waals surface area contributed by atoms with Crippen LogP contribution in [0.3, 0.4) is 0 Å². The standard InChI is InChI=1S/C17H15NO6/c1-12(19)24-16(13-5-3-2-4-6-13)11-23-17(20)14-7-9-15(10-8-14)18(21)22/h2-10,16H,11H2,1H3. The average Bonchev–Trinajstić information content (AvgIpc) is 2.59. The van der Waals surface area contributed by atoms with Crippen LogP contribution in [0.25, 0.3) is 0 Å². The van der Waals surface area contributed by atoms with Crippen molar-refractivity contribution in [2.75, 3.05) is 6.61 Å². The molecule has 0 heterocycles. The molecule has 0 aliphatic rings. The summed E-state index contributed by atoms with van der Waals surface area (Å²) in [6.07, 6.45) is -0.717. The Bertz CT molecular complexity index is 727. The minimum atomic E-state index is -0.717. The van der Waals surface area contributed by atoms with Crippen molar-refractivity contribution in [1.82, 2.24) is 0 Å². The molecule has 1 atom stereocenters. The van der Waals surface area contributed by atoms with Crippen LogP contribution in [0.5, 0.6) is 0 Å². The maximum Gasteiger partial charge on any atom is 0.338 e. The Hall–Kier alpha value is -3.22. The molecular formula is C17H15NO6. The molecule has 0 N–H and O–H groups in total. The van der Waals surface area contributed by atoms with Crippen molar-refractivity contribution in [2.45, 2.75) is 13.0 Å². The Labute approximate surface area is 138 Å². The smallest absolute Gasteiger partial charge is 0.338 e. The Balaban J connectivity index is 2.04. The van der Waals surface area contributed by atoms with Gasteiger partial charge in [-0.1, -0.05) is 30.3 Å². The number of ether oxygens (including phenoxy) is 2. The topological polar surface area (TPSA) is 95.7 Å². The van der Waals surface area contributed by atoms with Gasteiger partial charge >= 0.3 is 11.9 Å². The van der Waals surface area contributed by atoms with Crippen LogP contribution in [0.1, 0.15) is 28.9 Å². The van der Waals surface area contributed by atoms with E-state index < -0.39 is 23.0 Å². The summed E-state index contributed by atoms with van der Waals surface area (Å²) in [6.45, 7) is 1.12. The van der Waals surface area contributed by atoms with E-state index in [-0.39, 0.29) is 17.9 Å². The fraction of sp³-hybridized carbons (Fsp3) is 0.176. The second kappa shape index (κ2) is 7.87. The lowest BCUT2D eigenvalue weighted by molar-refractivity contribution is -0.384. The summed E-state index contributed by atoms with van der Waals surface area (Å²) in [6, 6.07) is 14.0. The van der Waals surface area contributed by atoms with Crippen LogP contribution in [0.15, 0.2) is 54.6 Å². The third-order valence-corrected chi connectivity index (χ3v) is 3.16. The van der Waals surface area contributed by atoms with E-state index in [2.05, 4.69) is 0 Å². The fourth-order valence-corrected chi connectivity index (χ4v) is 2.02. The number of non-ortho nitro benzene ring substituents is 1. The molecule has 0 aliphatic heterocycles. The van der Waals surface area contributed by atoms with Gasteiger partial charge in [0.1, 0.15) is 6.61 Å². The van der Waals surface area contributed by atoms with Gasteiger partial charge in [-0.05, 0) is 17.7 Å².